The van der Waals surface area contributed by atoms with Crippen molar-refractivity contribution in [3.63, 3.8) is 0 Å². The zero-order valence-electron chi connectivity index (χ0n) is 21.6. The summed E-state index contributed by atoms with van der Waals surface area (Å²) >= 11 is 0. The molecule has 0 unspecified atom stereocenters. The number of nitrogens with one attached hydrogen (secondary N) is 2. The largest absolute Gasteiger partial charge is 0.495 e. The van der Waals surface area contributed by atoms with Gasteiger partial charge in [-0.05, 0) is 79.1 Å². The van der Waals surface area contributed by atoms with Gasteiger partial charge in [0.25, 0.3) is 26.0 Å². The molecule has 40 heavy (non-hydrogen) atoms. The first-order chi connectivity index (χ1) is 19.2. The lowest BCUT2D eigenvalue weighted by molar-refractivity contribution is 0.102. The normalized spacial score (nSPS) is 13.3. The van der Waals surface area contributed by atoms with Crippen molar-refractivity contribution in [2.45, 2.75) is 22.6 Å². The van der Waals surface area contributed by atoms with Crippen molar-refractivity contribution in [2.75, 3.05) is 28.0 Å². The summed E-state index contributed by atoms with van der Waals surface area (Å²) in [5.41, 5.74) is 2.42. The average molecular weight is 578 g/mol. The number of para-hydroxylation sites is 3. The summed E-state index contributed by atoms with van der Waals surface area (Å²) in [6.45, 7) is 0.358. The van der Waals surface area contributed by atoms with E-state index >= 15 is 0 Å². The highest BCUT2D eigenvalue weighted by Crippen LogP contribution is 2.32. The number of carbonyl (C=O) groups is 1. The first-order valence-electron chi connectivity index (χ1n) is 12.5. The summed E-state index contributed by atoms with van der Waals surface area (Å²) in [6.07, 6.45) is 1.51. The van der Waals surface area contributed by atoms with Crippen LogP contribution in [-0.2, 0) is 26.5 Å². The van der Waals surface area contributed by atoms with Crippen LogP contribution in [0.2, 0.25) is 0 Å². The van der Waals surface area contributed by atoms with Gasteiger partial charge in [0.15, 0.2) is 0 Å². The van der Waals surface area contributed by atoms with Crippen LogP contribution in [0.15, 0.2) is 107 Å². The number of hydrogen-bond acceptors (Lipinski definition) is 6. The maximum absolute atomic E-state index is 13.5. The molecule has 0 radical (unpaired) electrons. The van der Waals surface area contributed by atoms with Gasteiger partial charge in [0, 0.05) is 17.8 Å². The first-order valence-corrected chi connectivity index (χ1v) is 15.4. The zero-order valence-corrected chi connectivity index (χ0v) is 23.2. The van der Waals surface area contributed by atoms with E-state index in [-0.39, 0.29) is 15.4 Å². The molecule has 11 heteroatoms. The standard InChI is InChI=1S/C29H27N3O6S2/c1-38-28-14-5-3-12-26(28)31-39(34,35)24-17-15-23(16-18-24)30-29(33)22-9-6-11-25(20-22)40(36,37)32-19-7-10-21-8-2-4-13-27(21)32/h2-6,8-9,11-18,20,31H,7,10,19H2,1H3,(H,30,33). The summed E-state index contributed by atoms with van der Waals surface area (Å²) in [5.74, 6) is -0.150. The molecule has 1 heterocycles. The van der Waals surface area contributed by atoms with Crippen molar-refractivity contribution in [1.29, 1.82) is 0 Å². The van der Waals surface area contributed by atoms with Crippen LogP contribution in [0.25, 0.3) is 0 Å². The second kappa shape index (κ2) is 11.0. The highest BCUT2D eigenvalue weighted by Gasteiger charge is 2.29. The first kappa shape index (κ1) is 27.2. The van der Waals surface area contributed by atoms with Gasteiger partial charge in [0.1, 0.15) is 5.75 Å². The van der Waals surface area contributed by atoms with Crippen LogP contribution in [0.5, 0.6) is 5.75 Å². The molecule has 4 aromatic carbocycles. The summed E-state index contributed by atoms with van der Waals surface area (Å²) in [7, 11) is -6.35. The van der Waals surface area contributed by atoms with Crippen molar-refractivity contribution >= 4 is 43.0 Å². The van der Waals surface area contributed by atoms with Crippen LogP contribution in [0.1, 0.15) is 22.3 Å². The Hall–Kier alpha value is -4.35. The summed E-state index contributed by atoms with van der Waals surface area (Å²) in [5, 5.41) is 2.70. The van der Waals surface area contributed by atoms with Crippen LogP contribution >= 0.6 is 0 Å². The Labute approximate surface area is 233 Å². The molecule has 1 aliphatic rings. The minimum atomic E-state index is -3.91. The molecule has 2 N–H and O–H groups in total. The highest BCUT2D eigenvalue weighted by molar-refractivity contribution is 7.93. The molecule has 0 saturated heterocycles. The molecule has 9 nitrogen and oxygen atoms in total. The van der Waals surface area contributed by atoms with Crippen LogP contribution in [0.3, 0.4) is 0 Å². The topological polar surface area (TPSA) is 122 Å². The third-order valence-corrected chi connectivity index (χ3v) is 9.72. The molecule has 0 atom stereocenters. The lowest BCUT2D eigenvalue weighted by atomic mass is 10.0. The number of carbonyl (C=O) groups excluding carboxylic acids is 1. The summed E-state index contributed by atoms with van der Waals surface area (Å²) in [6, 6.07) is 25.6. The number of rotatable bonds is 8. The van der Waals surface area contributed by atoms with E-state index in [1.807, 2.05) is 18.2 Å². The van der Waals surface area contributed by atoms with Crippen molar-refractivity contribution in [3.05, 3.63) is 108 Å². The minimum absolute atomic E-state index is 0.00805. The van der Waals surface area contributed by atoms with Gasteiger partial charge in [-0.1, -0.05) is 36.4 Å². The van der Waals surface area contributed by atoms with Crippen molar-refractivity contribution < 1.29 is 26.4 Å². The molecule has 0 fully saturated rings. The Morgan fingerprint density at radius 2 is 1.55 bits per heavy atom. The molecule has 206 valence electrons. The van der Waals surface area contributed by atoms with Gasteiger partial charge in [0.05, 0.1) is 28.3 Å². The third-order valence-electron chi connectivity index (χ3n) is 6.53. The molecule has 0 saturated carbocycles. The van der Waals surface area contributed by atoms with Crippen molar-refractivity contribution in [1.82, 2.24) is 0 Å². The SMILES string of the molecule is COc1ccccc1NS(=O)(=O)c1ccc(NC(=O)c2cccc(S(=O)(=O)N3CCCc4ccccc43)c2)cc1. The number of amides is 1. The fourth-order valence-electron chi connectivity index (χ4n) is 4.53. The van der Waals surface area contributed by atoms with Gasteiger partial charge in [0.2, 0.25) is 0 Å². The lowest BCUT2D eigenvalue weighted by Gasteiger charge is -2.30. The number of aryl methyl sites for hydroxylation is 1. The van der Waals surface area contributed by atoms with Crippen LogP contribution < -0.4 is 19.1 Å². The maximum Gasteiger partial charge on any atom is 0.264 e. The van der Waals surface area contributed by atoms with Gasteiger partial charge in [-0.15, -0.1) is 0 Å². The minimum Gasteiger partial charge on any atom is -0.495 e. The smallest absolute Gasteiger partial charge is 0.264 e. The predicted molar refractivity (Wildman–Crippen MR) is 154 cm³/mol. The van der Waals surface area contributed by atoms with Gasteiger partial charge in [-0.25, -0.2) is 16.8 Å². The van der Waals surface area contributed by atoms with E-state index in [2.05, 4.69) is 10.0 Å². The van der Waals surface area contributed by atoms with Gasteiger partial charge in [-0.3, -0.25) is 13.8 Å². The van der Waals surface area contributed by atoms with Gasteiger partial charge >= 0.3 is 0 Å². The Morgan fingerprint density at radius 3 is 2.33 bits per heavy atom. The average Bonchev–Trinajstić information content (AvgIpc) is 2.97. The number of benzene rings is 4. The number of methoxy groups -OCH3 is 1. The lowest BCUT2D eigenvalue weighted by Crippen LogP contribution is -2.35. The molecule has 1 aliphatic heterocycles. The van der Waals surface area contributed by atoms with E-state index in [1.54, 1.807) is 30.3 Å². The van der Waals surface area contributed by atoms with Gasteiger partial charge < -0.3 is 10.1 Å². The van der Waals surface area contributed by atoms with Gasteiger partial charge in [-0.2, -0.15) is 0 Å². The van der Waals surface area contributed by atoms with Crippen LogP contribution in [-0.4, -0.2) is 36.4 Å². The molecule has 5 rings (SSSR count). The molecular formula is C29H27N3O6S2. The number of fused-ring (bicyclic) bond motifs is 1. The fraction of sp³-hybridized carbons (Fsp3) is 0.138. The third kappa shape index (κ3) is 5.51. The second-order valence-corrected chi connectivity index (χ2v) is 12.7. The van der Waals surface area contributed by atoms with Crippen molar-refractivity contribution in [3.8, 4) is 5.75 Å². The molecule has 4 aromatic rings. The van der Waals surface area contributed by atoms with E-state index in [0.29, 0.717) is 35.8 Å². The Bertz CT molecular complexity index is 1770. The van der Waals surface area contributed by atoms with E-state index < -0.39 is 26.0 Å². The molecule has 1 amide bonds. The van der Waals surface area contributed by atoms with E-state index in [0.717, 1.165) is 12.0 Å². The predicted octanol–water partition coefficient (Wildman–Crippen LogP) is 4.89. The monoisotopic (exact) mass is 577 g/mol. The van der Waals surface area contributed by atoms with E-state index in [4.69, 9.17) is 4.74 Å². The van der Waals surface area contributed by atoms with Crippen LogP contribution in [0, 0.1) is 0 Å². The molecule has 0 aliphatic carbocycles. The van der Waals surface area contributed by atoms with Crippen LogP contribution in [0.4, 0.5) is 17.1 Å². The number of anilines is 3. The zero-order chi connectivity index (χ0) is 28.3. The van der Waals surface area contributed by atoms with E-state index in [1.165, 1.54) is 59.9 Å². The highest BCUT2D eigenvalue weighted by atomic mass is 32.2. The Balaban J connectivity index is 1.32. The molecule has 0 bridgehead atoms. The Kier molecular flexibility index (Phi) is 7.51. The number of nitrogens with zero attached hydrogens (tertiary/aromatic N) is 1. The summed E-state index contributed by atoms with van der Waals surface area (Å²) in [4.78, 5) is 13.0. The molecule has 0 aromatic heterocycles. The fourth-order valence-corrected chi connectivity index (χ4v) is 7.18. The van der Waals surface area contributed by atoms with E-state index in [9.17, 15) is 21.6 Å². The number of ether oxygens (including phenoxy) is 1. The molecular weight excluding hydrogens is 550 g/mol. The number of sulfonamides is 2. The number of hydrogen-bond donors (Lipinski definition) is 2. The second-order valence-electron chi connectivity index (χ2n) is 9.12. The Morgan fingerprint density at radius 1 is 0.825 bits per heavy atom. The van der Waals surface area contributed by atoms with Crippen molar-refractivity contribution in [2.24, 2.45) is 0 Å². The maximum atomic E-state index is 13.5. The molecule has 0 spiro atoms. The summed E-state index contributed by atoms with van der Waals surface area (Å²) < 4.78 is 61.8. The quantitative estimate of drug-likeness (QED) is 0.308.